The highest BCUT2D eigenvalue weighted by molar-refractivity contribution is 9.10. The molecule has 6 heteroatoms. The van der Waals surface area contributed by atoms with Crippen molar-refractivity contribution in [1.82, 2.24) is 0 Å². The molecule has 1 aromatic carbocycles. The fourth-order valence-electron chi connectivity index (χ4n) is 0.887. The SMILES string of the molecule is NC(=O)CNc1c(Cl)cc(F)cc1Br. The third-order valence-electron chi connectivity index (χ3n) is 1.45. The van der Waals surface area contributed by atoms with Gasteiger partial charge < -0.3 is 11.1 Å². The fourth-order valence-corrected chi connectivity index (χ4v) is 1.85. The van der Waals surface area contributed by atoms with Gasteiger partial charge in [0.15, 0.2) is 0 Å². The van der Waals surface area contributed by atoms with Crippen LogP contribution < -0.4 is 11.1 Å². The Hall–Kier alpha value is -0.810. The molecule has 1 amide bonds. The summed E-state index contributed by atoms with van der Waals surface area (Å²) in [4.78, 5) is 10.5. The number of anilines is 1. The van der Waals surface area contributed by atoms with Crippen LogP contribution in [0.25, 0.3) is 0 Å². The number of nitrogens with one attached hydrogen (secondary N) is 1. The first-order chi connectivity index (χ1) is 6.50. The normalized spacial score (nSPS) is 9.93. The van der Waals surface area contributed by atoms with Gasteiger partial charge in [-0.05, 0) is 28.1 Å². The molecule has 14 heavy (non-hydrogen) atoms. The average molecular weight is 282 g/mol. The molecule has 0 aliphatic rings. The summed E-state index contributed by atoms with van der Waals surface area (Å²) >= 11 is 8.84. The van der Waals surface area contributed by atoms with Crippen molar-refractivity contribution in [2.24, 2.45) is 5.73 Å². The number of halogens is 3. The van der Waals surface area contributed by atoms with Gasteiger partial charge in [-0.2, -0.15) is 0 Å². The van der Waals surface area contributed by atoms with E-state index in [-0.39, 0.29) is 11.6 Å². The number of amides is 1. The highest BCUT2D eigenvalue weighted by Gasteiger charge is 2.08. The number of benzene rings is 1. The van der Waals surface area contributed by atoms with E-state index >= 15 is 0 Å². The monoisotopic (exact) mass is 280 g/mol. The van der Waals surface area contributed by atoms with Crippen molar-refractivity contribution in [3.05, 3.63) is 27.4 Å². The smallest absolute Gasteiger partial charge is 0.236 e. The molecule has 0 aliphatic carbocycles. The second kappa shape index (κ2) is 4.61. The van der Waals surface area contributed by atoms with E-state index in [4.69, 9.17) is 17.3 Å². The Kier molecular flexibility index (Phi) is 3.71. The summed E-state index contributed by atoms with van der Waals surface area (Å²) in [5.74, 6) is -0.969. The third kappa shape index (κ3) is 2.85. The summed E-state index contributed by atoms with van der Waals surface area (Å²) in [6, 6.07) is 2.39. The minimum absolute atomic E-state index is 0.0516. The van der Waals surface area contributed by atoms with Crippen molar-refractivity contribution >= 4 is 39.1 Å². The Balaban J connectivity index is 2.91. The lowest BCUT2D eigenvalue weighted by Gasteiger charge is -2.08. The van der Waals surface area contributed by atoms with Gasteiger partial charge in [0.1, 0.15) is 5.82 Å². The van der Waals surface area contributed by atoms with Gasteiger partial charge in [0.2, 0.25) is 5.91 Å². The molecule has 0 saturated carbocycles. The molecule has 0 spiro atoms. The number of carbonyl (C=O) groups is 1. The minimum Gasteiger partial charge on any atom is -0.374 e. The molecule has 0 aromatic heterocycles. The summed E-state index contributed by atoms with van der Waals surface area (Å²) in [5.41, 5.74) is 5.39. The van der Waals surface area contributed by atoms with Crippen LogP contribution in [-0.2, 0) is 4.79 Å². The molecule has 0 unspecified atom stereocenters. The summed E-state index contributed by atoms with van der Waals surface area (Å²) in [7, 11) is 0. The molecule has 0 saturated heterocycles. The van der Waals surface area contributed by atoms with Crippen LogP contribution in [-0.4, -0.2) is 12.5 Å². The van der Waals surface area contributed by atoms with Gasteiger partial charge in [-0.25, -0.2) is 4.39 Å². The van der Waals surface area contributed by atoms with Gasteiger partial charge in [-0.15, -0.1) is 0 Å². The van der Waals surface area contributed by atoms with Crippen molar-refractivity contribution < 1.29 is 9.18 Å². The molecular formula is C8H7BrClFN2O. The zero-order valence-corrected chi connectivity index (χ0v) is 9.32. The number of hydrogen-bond donors (Lipinski definition) is 2. The highest BCUT2D eigenvalue weighted by atomic mass is 79.9. The van der Waals surface area contributed by atoms with Crippen LogP contribution in [0, 0.1) is 5.82 Å². The zero-order chi connectivity index (χ0) is 10.7. The Morgan fingerprint density at radius 3 is 2.79 bits per heavy atom. The van der Waals surface area contributed by atoms with Crippen molar-refractivity contribution in [2.45, 2.75) is 0 Å². The lowest BCUT2D eigenvalue weighted by Crippen LogP contribution is -2.22. The first-order valence-electron chi connectivity index (χ1n) is 3.67. The number of hydrogen-bond acceptors (Lipinski definition) is 2. The van der Waals surface area contributed by atoms with Gasteiger partial charge in [0.05, 0.1) is 17.3 Å². The lowest BCUT2D eigenvalue weighted by molar-refractivity contribution is -0.116. The van der Waals surface area contributed by atoms with Crippen molar-refractivity contribution in [2.75, 3.05) is 11.9 Å². The van der Waals surface area contributed by atoms with E-state index in [1.165, 1.54) is 6.07 Å². The van der Waals surface area contributed by atoms with E-state index in [0.29, 0.717) is 10.2 Å². The van der Waals surface area contributed by atoms with Crippen LogP contribution in [0.4, 0.5) is 10.1 Å². The Bertz CT molecular complexity index is 349. The topological polar surface area (TPSA) is 55.1 Å². The first-order valence-corrected chi connectivity index (χ1v) is 4.84. The second-order valence-corrected chi connectivity index (χ2v) is 3.83. The number of rotatable bonds is 3. The van der Waals surface area contributed by atoms with Crippen LogP contribution in [0.2, 0.25) is 5.02 Å². The average Bonchev–Trinajstić information content (AvgIpc) is 2.01. The lowest BCUT2D eigenvalue weighted by atomic mass is 10.3. The van der Waals surface area contributed by atoms with Gasteiger partial charge in [-0.3, -0.25) is 4.79 Å². The van der Waals surface area contributed by atoms with Crippen LogP contribution in [0.5, 0.6) is 0 Å². The summed E-state index contributed by atoms with van der Waals surface area (Å²) in [6.45, 7) is -0.0516. The second-order valence-electron chi connectivity index (χ2n) is 2.56. The van der Waals surface area contributed by atoms with E-state index < -0.39 is 11.7 Å². The fraction of sp³-hybridized carbons (Fsp3) is 0.125. The maximum Gasteiger partial charge on any atom is 0.236 e. The molecule has 1 aromatic rings. The molecule has 0 radical (unpaired) electrons. The molecule has 0 bridgehead atoms. The third-order valence-corrected chi connectivity index (χ3v) is 2.37. The highest BCUT2D eigenvalue weighted by Crippen LogP contribution is 2.31. The molecule has 3 nitrogen and oxygen atoms in total. The van der Waals surface area contributed by atoms with Crippen LogP contribution >= 0.6 is 27.5 Å². The van der Waals surface area contributed by atoms with Crippen molar-refractivity contribution in [3.63, 3.8) is 0 Å². The molecule has 76 valence electrons. The van der Waals surface area contributed by atoms with Crippen molar-refractivity contribution in [3.8, 4) is 0 Å². The minimum atomic E-state index is -0.516. The van der Waals surface area contributed by atoms with Crippen molar-refractivity contribution in [1.29, 1.82) is 0 Å². The summed E-state index contributed by atoms with van der Waals surface area (Å²) in [6.07, 6.45) is 0. The molecule has 0 aliphatic heterocycles. The van der Waals surface area contributed by atoms with Gasteiger partial charge in [-0.1, -0.05) is 11.6 Å². The largest absolute Gasteiger partial charge is 0.374 e. The maximum absolute atomic E-state index is 12.8. The predicted molar refractivity (Wildman–Crippen MR) is 56.8 cm³/mol. The van der Waals surface area contributed by atoms with Gasteiger partial charge in [0.25, 0.3) is 0 Å². The number of primary amides is 1. The van der Waals surface area contributed by atoms with Crippen LogP contribution in [0.1, 0.15) is 0 Å². The number of carbonyl (C=O) groups excluding carboxylic acids is 1. The molecular weight excluding hydrogens is 274 g/mol. The van der Waals surface area contributed by atoms with E-state index in [2.05, 4.69) is 21.2 Å². The molecule has 0 heterocycles. The summed E-state index contributed by atoms with van der Waals surface area (Å²) < 4.78 is 13.2. The quantitative estimate of drug-likeness (QED) is 0.892. The van der Waals surface area contributed by atoms with E-state index in [1.807, 2.05) is 0 Å². The molecule has 3 N–H and O–H groups in total. The van der Waals surface area contributed by atoms with Crippen LogP contribution in [0.15, 0.2) is 16.6 Å². The molecule has 0 fully saturated rings. The van der Waals surface area contributed by atoms with Crippen LogP contribution in [0.3, 0.4) is 0 Å². The Morgan fingerprint density at radius 1 is 1.64 bits per heavy atom. The van der Waals surface area contributed by atoms with E-state index in [9.17, 15) is 9.18 Å². The summed E-state index contributed by atoms with van der Waals surface area (Å²) in [5, 5.41) is 2.88. The number of nitrogens with two attached hydrogens (primary N) is 1. The van der Waals surface area contributed by atoms with Gasteiger partial charge >= 0.3 is 0 Å². The zero-order valence-electron chi connectivity index (χ0n) is 6.98. The maximum atomic E-state index is 12.8. The standard InChI is InChI=1S/C8H7BrClFN2O/c9-5-1-4(11)2-6(10)8(5)13-3-7(12)14/h1-2,13H,3H2,(H2,12,14). The van der Waals surface area contributed by atoms with E-state index in [0.717, 1.165) is 6.07 Å². The van der Waals surface area contributed by atoms with Gasteiger partial charge in [0, 0.05) is 4.47 Å². The molecule has 0 atom stereocenters. The molecule has 1 rings (SSSR count). The first kappa shape index (κ1) is 11.3. The van der Waals surface area contributed by atoms with E-state index in [1.54, 1.807) is 0 Å². The predicted octanol–water partition coefficient (Wildman–Crippen LogP) is 2.14. The Morgan fingerprint density at radius 2 is 2.29 bits per heavy atom. The Labute approximate surface area is 93.5 Å².